The molecule has 9 nitrogen and oxygen atoms in total. The molecule has 2 aliphatic rings. The number of urea groups is 1. The predicted octanol–water partition coefficient (Wildman–Crippen LogP) is 2.92. The molecule has 2 saturated heterocycles. The first-order valence-corrected chi connectivity index (χ1v) is 10.2. The summed E-state index contributed by atoms with van der Waals surface area (Å²) in [5, 5.41) is 6.31. The minimum Gasteiger partial charge on any atom is -0.493 e. The average molecular weight is 458 g/mol. The number of amides is 2. The van der Waals surface area contributed by atoms with Gasteiger partial charge in [-0.05, 0) is 25.8 Å². The van der Waals surface area contributed by atoms with E-state index in [0.29, 0.717) is 18.8 Å². The largest absolute Gasteiger partial charge is 0.493 e. The lowest BCUT2D eigenvalue weighted by Gasteiger charge is -2.32. The van der Waals surface area contributed by atoms with Crippen molar-refractivity contribution in [3.63, 3.8) is 0 Å². The highest BCUT2D eigenvalue weighted by molar-refractivity contribution is 6.04. The lowest BCUT2D eigenvalue weighted by atomic mass is 9.82. The Morgan fingerprint density at radius 3 is 2.39 bits per heavy atom. The minimum atomic E-state index is -0.614. The molecule has 0 radical (unpaired) electrons. The van der Waals surface area contributed by atoms with Crippen molar-refractivity contribution in [2.75, 3.05) is 59.9 Å². The summed E-state index contributed by atoms with van der Waals surface area (Å²) in [6.45, 7) is 3.24. The van der Waals surface area contributed by atoms with Gasteiger partial charge in [-0.3, -0.25) is 0 Å². The van der Waals surface area contributed by atoms with Gasteiger partial charge in [-0.2, -0.15) is 0 Å². The number of likely N-dealkylation sites (tertiary alicyclic amines) is 1. The van der Waals surface area contributed by atoms with Crippen LogP contribution in [-0.2, 0) is 4.74 Å². The van der Waals surface area contributed by atoms with E-state index in [-0.39, 0.29) is 46.6 Å². The number of esters is 1. The van der Waals surface area contributed by atoms with Crippen molar-refractivity contribution in [1.29, 1.82) is 0 Å². The molecule has 2 aliphatic heterocycles. The van der Waals surface area contributed by atoms with E-state index in [2.05, 4.69) is 10.6 Å². The van der Waals surface area contributed by atoms with Gasteiger partial charge in [0.2, 0.25) is 5.75 Å². The molecule has 3 rings (SSSR count). The van der Waals surface area contributed by atoms with Crippen molar-refractivity contribution in [3.8, 4) is 17.2 Å². The minimum absolute atomic E-state index is 0. The summed E-state index contributed by atoms with van der Waals surface area (Å²) in [5.41, 5.74) is 0.447. The second-order valence-electron chi connectivity index (χ2n) is 7.80. The highest BCUT2D eigenvalue weighted by Gasteiger charge is 2.38. The van der Waals surface area contributed by atoms with Gasteiger partial charge < -0.3 is 34.5 Å². The molecule has 2 amide bonds. The summed E-state index contributed by atoms with van der Waals surface area (Å²) >= 11 is 0. The van der Waals surface area contributed by atoms with Crippen LogP contribution in [0.5, 0.6) is 17.2 Å². The molecule has 31 heavy (non-hydrogen) atoms. The smallest absolute Gasteiger partial charge is 0.340 e. The lowest BCUT2D eigenvalue weighted by Crippen LogP contribution is -2.43. The van der Waals surface area contributed by atoms with Gasteiger partial charge in [0.1, 0.15) is 5.69 Å². The Bertz CT molecular complexity index is 798. The predicted molar refractivity (Wildman–Crippen MR) is 119 cm³/mol. The summed E-state index contributed by atoms with van der Waals surface area (Å²) in [7, 11) is 5.65. The van der Waals surface area contributed by atoms with E-state index in [1.165, 1.54) is 34.5 Å². The monoisotopic (exact) mass is 457 g/mol. The molecule has 1 aromatic rings. The Kier molecular flexibility index (Phi) is 8.64. The standard InChI is InChI=1S/C21H31N3O6.ClH/c1-27-15-11-14(19(25)30-4)16(18(29-3)17(15)28-2)23-20(26)24-10-6-5-7-21(13-24)8-9-22-12-21;/h11,22H,5-10,12-13H2,1-4H3,(H,23,26);1H. The Morgan fingerprint density at radius 1 is 1.06 bits per heavy atom. The third-order valence-corrected chi connectivity index (χ3v) is 6.00. The molecule has 0 aromatic heterocycles. The summed E-state index contributed by atoms with van der Waals surface area (Å²) in [5.74, 6) is 0.184. The molecule has 174 valence electrons. The molecular formula is C21H32ClN3O6. The van der Waals surface area contributed by atoms with Crippen LogP contribution in [0.4, 0.5) is 10.5 Å². The molecule has 0 aliphatic carbocycles. The van der Waals surface area contributed by atoms with E-state index < -0.39 is 5.97 Å². The van der Waals surface area contributed by atoms with Crippen LogP contribution in [0.15, 0.2) is 6.07 Å². The van der Waals surface area contributed by atoms with E-state index in [4.69, 9.17) is 18.9 Å². The molecule has 1 unspecified atom stereocenters. The van der Waals surface area contributed by atoms with Gasteiger partial charge in [0, 0.05) is 31.1 Å². The lowest BCUT2D eigenvalue weighted by molar-refractivity contribution is 0.0601. The fraction of sp³-hybridized carbons (Fsp3) is 0.619. The third-order valence-electron chi connectivity index (χ3n) is 6.00. The van der Waals surface area contributed by atoms with Crippen molar-refractivity contribution in [1.82, 2.24) is 10.2 Å². The summed E-state index contributed by atoms with van der Waals surface area (Å²) in [4.78, 5) is 27.5. The van der Waals surface area contributed by atoms with Gasteiger partial charge in [0.15, 0.2) is 11.5 Å². The molecule has 2 fully saturated rings. The number of halogens is 1. The van der Waals surface area contributed by atoms with Crippen LogP contribution in [0.25, 0.3) is 0 Å². The molecule has 0 saturated carbocycles. The maximum absolute atomic E-state index is 13.3. The van der Waals surface area contributed by atoms with Crippen LogP contribution >= 0.6 is 12.4 Å². The number of rotatable bonds is 5. The number of nitrogens with one attached hydrogen (secondary N) is 2. The average Bonchev–Trinajstić information content (AvgIpc) is 3.11. The summed E-state index contributed by atoms with van der Waals surface area (Å²) in [6.07, 6.45) is 4.21. The number of hydrogen-bond donors (Lipinski definition) is 2. The Morgan fingerprint density at radius 2 is 1.81 bits per heavy atom. The van der Waals surface area contributed by atoms with Crippen LogP contribution in [-0.4, -0.2) is 71.5 Å². The van der Waals surface area contributed by atoms with E-state index in [1.807, 2.05) is 4.90 Å². The van der Waals surface area contributed by atoms with Gasteiger partial charge in [-0.25, -0.2) is 9.59 Å². The van der Waals surface area contributed by atoms with Crippen LogP contribution < -0.4 is 24.8 Å². The van der Waals surface area contributed by atoms with Gasteiger partial charge in [0.05, 0.1) is 34.0 Å². The molecule has 2 N–H and O–H groups in total. The molecule has 10 heteroatoms. The molecule has 1 spiro atoms. The first-order valence-electron chi connectivity index (χ1n) is 10.2. The van der Waals surface area contributed by atoms with E-state index in [1.54, 1.807) is 0 Å². The third kappa shape index (κ3) is 5.10. The zero-order valence-corrected chi connectivity index (χ0v) is 19.4. The van der Waals surface area contributed by atoms with Gasteiger partial charge in [-0.1, -0.05) is 6.42 Å². The van der Waals surface area contributed by atoms with Crippen molar-refractivity contribution < 1.29 is 28.5 Å². The quantitative estimate of drug-likeness (QED) is 0.656. The molecule has 0 bridgehead atoms. The fourth-order valence-corrected chi connectivity index (χ4v) is 4.42. The van der Waals surface area contributed by atoms with E-state index in [9.17, 15) is 9.59 Å². The first kappa shape index (κ1) is 24.9. The summed E-state index contributed by atoms with van der Waals surface area (Å²) < 4.78 is 21.1. The number of anilines is 1. The molecule has 2 heterocycles. The van der Waals surface area contributed by atoms with Crippen molar-refractivity contribution in [2.45, 2.75) is 25.7 Å². The second-order valence-corrected chi connectivity index (χ2v) is 7.80. The number of benzene rings is 1. The van der Waals surface area contributed by atoms with Crippen molar-refractivity contribution in [2.24, 2.45) is 5.41 Å². The van der Waals surface area contributed by atoms with Crippen LogP contribution in [0.1, 0.15) is 36.0 Å². The van der Waals surface area contributed by atoms with Gasteiger partial charge in [-0.15, -0.1) is 12.4 Å². The Labute approximate surface area is 189 Å². The van der Waals surface area contributed by atoms with Gasteiger partial charge in [0.25, 0.3) is 0 Å². The van der Waals surface area contributed by atoms with E-state index >= 15 is 0 Å². The Hall–Kier alpha value is -2.39. The van der Waals surface area contributed by atoms with Crippen molar-refractivity contribution in [3.05, 3.63) is 11.6 Å². The number of ether oxygens (including phenoxy) is 4. The maximum atomic E-state index is 13.3. The summed E-state index contributed by atoms with van der Waals surface area (Å²) in [6, 6.07) is 1.20. The maximum Gasteiger partial charge on any atom is 0.340 e. The number of hydrogen-bond acceptors (Lipinski definition) is 7. The number of nitrogens with zero attached hydrogens (tertiary/aromatic N) is 1. The number of methoxy groups -OCH3 is 4. The SMILES string of the molecule is COC(=O)c1cc(OC)c(OC)c(OC)c1NC(=O)N1CCCCC2(CCNC2)C1.Cl. The topological polar surface area (TPSA) is 98.4 Å². The highest BCUT2D eigenvalue weighted by Crippen LogP contribution is 2.45. The molecule has 1 aromatic carbocycles. The van der Waals surface area contributed by atoms with Crippen LogP contribution in [0.2, 0.25) is 0 Å². The zero-order chi connectivity index (χ0) is 21.7. The highest BCUT2D eigenvalue weighted by atomic mass is 35.5. The normalized spacial score (nSPS) is 20.5. The number of carbonyl (C=O) groups excluding carboxylic acids is 2. The van der Waals surface area contributed by atoms with Crippen molar-refractivity contribution >= 4 is 30.1 Å². The second kappa shape index (κ2) is 10.8. The zero-order valence-electron chi connectivity index (χ0n) is 18.5. The number of carbonyl (C=O) groups is 2. The van der Waals surface area contributed by atoms with Crippen LogP contribution in [0.3, 0.4) is 0 Å². The fourth-order valence-electron chi connectivity index (χ4n) is 4.42. The Balaban J connectivity index is 0.00000341. The van der Waals surface area contributed by atoms with E-state index in [0.717, 1.165) is 38.8 Å². The van der Waals surface area contributed by atoms with Gasteiger partial charge >= 0.3 is 12.0 Å². The van der Waals surface area contributed by atoms with Crippen LogP contribution in [0, 0.1) is 5.41 Å². The first-order chi connectivity index (χ1) is 14.5. The molecular weight excluding hydrogens is 426 g/mol. The molecule has 1 atom stereocenters.